The lowest BCUT2D eigenvalue weighted by atomic mass is 10.2. The van der Waals surface area contributed by atoms with Gasteiger partial charge in [-0.05, 0) is 0 Å². The van der Waals surface area contributed by atoms with Crippen LogP contribution in [0.3, 0.4) is 0 Å². The van der Waals surface area contributed by atoms with E-state index < -0.39 is 7.05 Å². The van der Waals surface area contributed by atoms with E-state index in [1.54, 1.807) is 0 Å². The summed E-state index contributed by atoms with van der Waals surface area (Å²) in [5.74, 6) is 0. The molecule has 0 N–H and O–H groups in total. The molecule has 0 saturated carbocycles. The lowest BCUT2D eigenvalue weighted by Crippen LogP contribution is -2.44. The first-order chi connectivity index (χ1) is 5.86. The summed E-state index contributed by atoms with van der Waals surface area (Å²) in [6.45, 7) is 6.60. The molecule has 13 heavy (non-hydrogen) atoms. The summed E-state index contributed by atoms with van der Waals surface area (Å²) in [7, 11) is 0.988. The van der Waals surface area contributed by atoms with Gasteiger partial charge in [-0.15, -0.1) is 5.04 Å². The molecule has 0 aromatic heterocycles. The number of rotatable bonds is 1. The predicted octanol–water partition coefficient (Wildman–Crippen LogP) is 3.25. The normalized spacial score (nSPS) is 16.7. The predicted molar refractivity (Wildman–Crippen MR) is 67.1 cm³/mol. The Morgan fingerprint density at radius 3 is 2.00 bits per heavy atom. The highest BCUT2D eigenvalue weighted by Gasteiger charge is 2.27. The van der Waals surface area contributed by atoms with Crippen LogP contribution in [0.2, 0.25) is 5.04 Å². The maximum absolute atomic E-state index is 6.64. The Kier molecular flexibility index (Phi) is 3.22. The van der Waals surface area contributed by atoms with Crippen molar-refractivity contribution in [2.75, 3.05) is 0 Å². The minimum atomic E-state index is -1.89. The Hall–Kier alpha value is 0.157. The maximum atomic E-state index is 6.64. The molecule has 0 aliphatic carbocycles. The Morgan fingerprint density at radius 1 is 1.15 bits per heavy atom. The van der Waals surface area contributed by atoms with E-state index in [1.807, 2.05) is 6.07 Å². The second-order valence-corrected chi connectivity index (χ2v) is 13.3. The largest absolute Gasteiger partial charge is 0.343 e. The van der Waals surface area contributed by atoms with Gasteiger partial charge in [-0.2, -0.15) is 5.19 Å². The first-order valence-corrected chi connectivity index (χ1v) is 9.21. The van der Waals surface area contributed by atoms with Crippen molar-refractivity contribution in [1.82, 2.24) is 0 Å². The number of halogens is 1. The van der Waals surface area contributed by atoms with E-state index in [4.69, 9.17) is 11.1 Å². The molecule has 3 heteroatoms. The SMILES string of the molecule is CC(C)(C)[Si-](P)(Cl)c1ccccc1. The third-order valence-corrected chi connectivity index (χ3v) is 11.6. The second kappa shape index (κ2) is 3.72. The van der Waals surface area contributed by atoms with Gasteiger partial charge in [0.2, 0.25) is 0 Å². The molecular weight excluding hydrogens is 215 g/mol. The Balaban J connectivity index is 3.08. The monoisotopic (exact) mass is 230 g/mol. The van der Waals surface area contributed by atoms with Crippen LogP contribution in [0.25, 0.3) is 0 Å². The van der Waals surface area contributed by atoms with Crippen molar-refractivity contribution in [2.24, 2.45) is 0 Å². The molecule has 0 radical (unpaired) electrons. The molecule has 2 unspecified atom stereocenters. The van der Waals surface area contributed by atoms with E-state index in [0.717, 1.165) is 0 Å². The fourth-order valence-electron chi connectivity index (χ4n) is 1.11. The first kappa shape index (κ1) is 11.2. The topological polar surface area (TPSA) is 0 Å². The lowest BCUT2D eigenvalue weighted by molar-refractivity contribution is 0.750. The van der Waals surface area contributed by atoms with Crippen molar-refractivity contribution >= 4 is 32.1 Å². The molecule has 1 aromatic carbocycles. The standard InChI is InChI=1S/C10H16ClPSi/c1-10(2,3)13(11,12)9-7-5-4-6-8-9/h4-8H,12H2,1-3H3/q-1. The third-order valence-electron chi connectivity index (χ3n) is 2.29. The zero-order chi connectivity index (χ0) is 10.1. The fraction of sp³-hybridized carbons (Fsp3) is 0.400. The summed E-state index contributed by atoms with van der Waals surface area (Å²) in [5, 5.41) is 1.45. The summed E-state index contributed by atoms with van der Waals surface area (Å²) >= 11 is 6.64. The van der Waals surface area contributed by atoms with E-state index in [0.29, 0.717) is 0 Å². The van der Waals surface area contributed by atoms with Gasteiger partial charge in [0.1, 0.15) is 0 Å². The molecule has 1 aromatic rings. The fourth-order valence-corrected chi connectivity index (χ4v) is 3.61. The van der Waals surface area contributed by atoms with E-state index >= 15 is 0 Å². The van der Waals surface area contributed by atoms with Gasteiger partial charge in [0, 0.05) is 7.05 Å². The molecule has 0 fully saturated rings. The average molecular weight is 231 g/mol. The Bertz CT molecular complexity index is 277. The van der Waals surface area contributed by atoms with Crippen molar-refractivity contribution < 1.29 is 0 Å². The van der Waals surface area contributed by atoms with Crippen LogP contribution in [-0.2, 0) is 0 Å². The van der Waals surface area contributed by atoms with Crippen LogP contribution in [0.5, 0.6) is 0 Å². The van der Waals surface area contributed by atoms with E-state index in [1.165, 1.54) is 5.19 Å². The molecule has 1 rings (SSSR count). The van der Waals surface area contributed by atoms with Crippen LogP contribution >= 0.6 is 19.9 Å². The van der Waals surface area contributed by atoms with E-state index in [9.17, 15) is 0 Å². The highest BCUT2D eigenvalue weighted by atomic mass is 35.6. The zero-order valence-corrected chi connectivity index (χ0v) is 11.3. The minimum Gasteiger partial charge on any atom is -0.343 e. The van der Waals surface area contributed by atoms with Gasteiger partial charge >= 0.3 is 0 Å². The summed E-state index contributed by atoms with van der Waals surface area (Å²) in [4.78, 5) is 0. The highest BCUT2D eigenvalue weighted by molar-refractivity contribution is 7.85. The minimum absolute atomic E-state index is 0.167. The third kappa shape index (κ3) is 2.34. The van der Waals surface area contributed by atoms with Crippen LogP contribution in [0.1, 0.15) is 20.8 Å². The van der Waals surface area contributed by atoms with Crippen molar-refractivity contribution in [3.63, 3.8) is 0 Å². The molecule has 0 aliphatic rings. The van der Waals surface area contributed by atoms with Crippen LogP contribution in [0.4, 0.5) is 0 Å². The van der Waals surface area contributed by atoms with Gasteiger partial charge in [0.15, 0.2) is 0 Å². The van der Waals surface area contributed by atoms with Gasteiger partial charge in [-0.1, -0.05) is 51.1 Å². The van der Waals surface area contributed by atoms with Crippen molar-refractivity contribution in [1.29, 1.82) is 0 Å². The summed E-state index contributed by atoms with van der Waals surface area (Å²) in [6.07, 6.45) is 0. The Labute approximate surface area is 88.5 Å². The molecule has 2 atom stereocenters. The van der Waals surface area contributed by atoms with Gasteiger partial charge in [0.05, 0.1) is 0 Å². The Morgan fingerprint density at radius 2 is 1.62 bits per heavy atom. The van der Waals surface area contributed by atoms with Crippen molar-refractivity contribution in [3.8, 4) is 0 Å². The zero-order valence-electron chi connectivity index (χ0n) is 8.34. The summed E-state index contributed by atoms with van der Waals surface area (Å²) in [5.41, 5.74) is 0. The number of hydrogen-bond donors (Lipinski definition) is 0. The summed E-state index contributed by atoms with van der Waals surface area (Å²) < 4.78 is 0. The van der Waals surface area contributed by atoms with E-state index in [2.05, 4.69) is 53.8 Å². The second-order valence-electron chi connectivity index (χ2n) is 4.33. The molecule has 0 bridgehead atoms. The van der Waals surface area contributed by atoms with Gasteiger partial charge in [-0.25, -0.2) is 0 Å². The smallest absolute Gasteiger partial charge is 0.00202 e. The molecular formula is C10H16ClPSi-. The maximum Gasteiger partial charge on any atom is 0.00202 e. The molecule has 0 saturated heterocycles. The molecule has 73 valence electrons. The summed E-state index contributed by atoms with van der Waals surface area (Å²) in [6, 6.07) is 10.4. The quantitative estimate of drug-likeness (QED) is 0.395. The number of hydrogen-bond acceptors (Lipinski definition) is 0. The van der Waals surface area contributed by atoms with Crippen LogP contribution in [0.15, 0.2) is 30.3 Å². The molecule has 0 spiro atoms. The van der Waals surface area contributed by atoms with Gasteiger partial charge in [-0.3, -0.25) is 8.79 Å². The molecule has 0 nitrogen and oxygen atoms in total. The van der Waals surface area contributed by atoms with Gasteiger partial charge in [0.25, 0.3) is 0 Å². The highest BCUT2D eigenvalue weighted by Crippen LogP contribution is 2.42. The van der Waals surface area contributed by atoms with Crippen molar-refractivity contribution in [2.45, 2.75) is 25.8 Å². The molecule has 0 heterocycles. The average Bonchev–Trinajstić information content (AvgIpc) is 2.04. The molecule has 0 aliphatic heterocycles. The van der Waals surface area contributed by atoms with Crippen molar-refractivity contribution in [3.05, 3.63) is 30.3 Å². The molecule has 0 amide bonds. The van der Waals surface area contributed by atoms with E-state index in [-0.39, 0.29) is 5.04 Å². The van der Waals surface area contributed by atoms with Crippen LogP contribution < -0.4 is 5.19 Å². The lowest BCUT2D eigenvalue weighted by Gasteiger charge is -2.46. The van der Waals surface area contributed by atoms with Crippen LogP contribution in [0, 0.1) is 0 Å². The van der Waals surface area contributed by atoms with Crippen LogP contribution in [-0.4, -0.2) is 7.05 Å². The number of benzene rings is 1. The first-order valence-electron chi connectivity index (χ1n) is 4.39. The van der Waals surface area contributed by atoms with Gasteiger partial charge < -0.3 is 11.1 Å².